The molecule has 0 fully saturated rings. The van der Waals surface area contributed by atoms with Gasteiger partial charge in [0.2, 0.25) is 0 Å². The normalized spacial score (nSPS) is 7.38. The van der Waals surface area contributed by atoms with Crippen molar-refractivity contribution in [2.75, 3.05) is 0 Å². The molecule has 0 heterocycles. The van der Waals surface area contributed by atoms with E-state index in [1.165, 1.54) is 0 Å². The van der Waals surface area contributed by atoms with Crippen molar-refractivity contribution in [1.29, 1.82) is 0 Å². The van der Waals surface area contributed by atoms with Crippen LogP contribution in [-0.4, -0.2) is 236 Å². The Morgan fingerprint density at radius 3 is 0.500 bits per heavy atom. The Bertz CT molecular complexity index is 141. The van der Waals surface area contributed by atoms with Gasteiger partial charge in [-0.15, -0.1) is 0 Å². The van der Waals surface area contributed by atoms with Crippen LogP contribution in [-0.2, 0) is 9.13 Å². The van der Waals surface area contributed by atoms with E-state index in [-0.39, 0.29) is 236 Å². The zero-order chi connectivity index (χ0) is 9.00. The Balaban J connectivity index is -0.00000000970. The number of hydrogen-bond donors (Lipinski definition) is 0. The van der Waals surface area contributed by atoms with Crippen molar-refractivity contribution in [3.05, 3.63) is 0 Å². The van der Waals surface area contributed by atoms with Crippen molar-refractivity contribution in [3.63, 3.8) is 0 Å². The average molecular weight is 932 g/mol. The Labute approximate surface area is 281 Å². The first-order valence-corrected chi connectivity index (χ1v) is 4.38. The molecule has 8 nitrogen and oxygen atoms in total. The van der Waals surface area contributed by atoms with Gasteiger partial charge in [0.15, 0.2) is 0 Å². The fourth-order valence-corrected chi connectivity index (χ4v) is 0. The summed E-state index contributed by atoms with van der Waals surface area (Å²) in [4.78, 5) is 51.3. The predicted molar refractivity (Wildman–Crippen MR) is 53.9 cm³/mol. The first kappa shape index (κ1) is 49.6. The largest absolute Gasteiger partial charge is 2.00 e. The zero-order valence-electron chi connectivity index (χ0n) is 5.66. The van der Waals surface area contributed by atoms with Crippen LogP contribution in [0.25, 0.3) is 0 Å². The summed E-state index contributed by atoms with van der Waals surface area (Å²) in [6.45, 7) is 0. The quantitative estimate of drug-likeness (QED) is 0.170. The maximum atomic E-state index is 8.55. The minimum atomic E-state index is -5.39. The van der Waals surface area contributed by atoms with Crippen LogP contribution in [0.4, 0.5) is 0 Å². The molecule has 0 aliphatic rings. The van der Waals surface area contributed by atoms with Gasteiger partial charge in [-0.3, -0.25) is 0 Å². The summed E-state index contributed by atoms with van der Waals surface area (Å²) in [5, 5.41) is 0. The first-order chi connectivity index (χ1) is 4.00. The van der Waals surface area contributed by atoms with Gasteiger partial charge in [0.1, 0.15) is 0 Å². The molecule has 0 rings (SSSR count). The molecule has 76 valence electrons. The fourth-order valence-electron chi connectivity index (χ4n) is 0. The van der Waals surface area contributed by atoms with Gasteiger partial charge in [0.25, 0.3) is 0 Å². The van der Waals surface area contributed by atoms with E-state index in [1.54, 1.807) is 0 Å². The van der Waals surface area contributed by atoms with Crippen molar-refractivity contribution in [2.45, 2.75) is 0 Å². The SMILES string of the molecule is O=P([O-])([O-])[O-].O=P([O-])([O-])[O-].[KH].[KH].[KH].[Pb+2].[Pb+2].[Pb+2]. The van der Waals surface area contributed by atoms with Gasteiger partial charge in [-0.2, -0.15) is 15.6 Å². The molecule has 0 saturated heterocycles. The van der Waals surface area contributed by atoms with Gasteiger partial charge in [0.05, 0.1) is 0 Å². The fraction of sp³-hybridized carbons (Fsp3) is 0. The molecule has 0 aromatic carbocycles. The second-order valence-corrected chi connectivity index (χ2v) is 2.68. The molecular weight excluding hydrogens is 929 g/mol. The van der Waals surface area contributed by atoms with Crippen molar-refractivity contribution in [2.24, 2.45) is 0 Å². The van der Waals surface area contributed by atoms with Gasteiger partial charge in [-0.05, 0) is 0 Å². The number of hydrogen-bond acceptors (Lipinski definition) is 8. The van der Waals surface area contributed by atoms with Crippen LogP contribution in [0.5, 0.6) is 0 Å². The summed E-state index contributed by atoms with van der Waals surface area (Å²) < 4.78 is 17.1. The van der Waals surface area contributed by atoms with E-state index in [4.69, 9.17) is 38.5 Å². The molecule has 0 aliphatic heterocycles. The second-order valence-electron chi connectivity index (χ2n) is 0.894. The van der Waals surface area contributed by atoms with Crippen LogP contribution in [0.1, 0.15) is 0 Å². The Kier molecular flexibility index (Phi) is 85.9. The standard InChI is InChI=1S/3K.2H3O4P.3Pb.3H/c;;;2*1-5(2,3)4;;;;;;/h;;;2*(H3,1,2,3,4);;;;;;/q;;;;;3*+2;;;/p-6. The predicted octanol–water partition coefficient (Wildman–Crippen LogP) is -8.74. The van der Waals surface area contributed by atoms with E-state index < -0.39 is 15.6 Å². The molecule has 0 unspecified atom stereocenters. The monoisotopic (exact) mass is 934 g/mol. The van der Waals surface area contributed by atoms with E-state index in [0.29, 0.717) is 0 Å². The maximum absolute atomic E-state index is 8.55. The topological polar surface area (TPSA) is 172 Å². The molecule has 0 atom stereocenters. The van der Waals surface area contributed by atoms with Crippen molar-refractivity contribution in [3.8, 4) is 0 Å². The van der Waals surface area contributed by atoms with E-state index in [1.807, 2.05) is 0 Å². The van der Waals surface area contributed by atoms with Gasteiger partial charge in [-0.25, -0.2) is 0 Å². The Morgan fingerprint density at radius 2 is 0.500 bits per heavy atom. The summed E-state index contributed by atoms with van der Waals surface area (Å²) in [5.74, 6) is 0. The van der Waals surface area contributed by atoms with E-state index in [9.17, 15) is 0 Å². The van der Waals surface area contributed by atoms with Gasteiger partial charge in [0, 0.05) is 0 Å². The maximum Gasteiger partial charge on any atom is 2.00 e. The third-order valence-electron chi connectivity index (χ3n) is 0. The van der Waals surface area contributed by atoms with Crippen LogP contribution >= 0.6 is 15.6 Å². The van der Waals surface area contributed by atoms with E-state index in [2.05, 4.69) is 0 Å². The van der Waals surface area contributed by atoms with Gasteiger partial charge >= 0.3 is 236 Å². The third kappa shape index (κ3) is 153. The van der Waals surface area contributed by atoms with Gasteiger partial charge in [-0.1, -0.05) is 0 Å². The summed E-state index contributed by atoms with van der Waals surface area (Å²) >= 11 is 0. The molecule has 0 aromatic heterocycles. The van der Waals surface area contributed by atoms with Crippen LogP contribution in [0.3, 0.4) is 0 Å². The molecule has 0 aliphatic carbocycles. The van der Waals surface area contributed by atoms with Crippen LogP contribution in [0.2, 0.25) is 0 Å². The van der Waals surface area contributed by atoms with Crippen molar-refractivity contribution < 1.29 is 38.5 Å². The second kappa shape index (κ2) is 27.7. The molecule has 16 heteroatoms. The zero-order valence-corrected chi connectivity index (χ0v) is 19.1. The third-order valence-corrected chi connectivity index (χ3v) is 0. The Hall–Kier alpha value is 7.90. The number of rotatable bonds is 0. The minimum Gasteiger partial charge on any atom is 2.00 e. The molecule has 6 radical (unpaired) electrons. The molecule has 16 heavy (non-hydrogen) atoms. The summed E-state index contributed by atoms with van der Waals surface area (Å²) in [7, 11) is -10.8. The van der Waals surface area contributed by atoms with Crippen LogP contribution in [0.15, 0.2) is 0 Å². The van der Waals surface area contributed by atoms with E-state index in [0.717, 1.165) is 0 Å². The molecule has 0 aromatic rings. The van der Waals surface area contributed by atoms with E-state index >= 15 is 0 Å². The van der Waals surface area contributed by atoms with Crippen molar-refractivity contribution >= 4 is 252 Å². The molecule has 0 spiro atoms. The van der Waals surface area contributed by atoms with Crippen LogP contribution in [0, 0.1) is 0 Å². The molecule has 0 N–H and O–H groups in total. The summed E-state index contributed by atoms with van der Waals surface area (Å²) in [5.41, 5.74) is 0. The first-order valence-electron chi connectivity index (χ1n) is 1.46. The van der Waals surface area contributed by atoms with Gasteiger partial charge < -0.3 is 38.5 Å². The van der Waals surface area contributed by atoms with Crippen LogP contribution < -0.4 is 29.4 Å². The average Bonchev–Trinajstić information content (AvgIpc) is 1.12. The summed E-state index contributed by atoms with van der Waals surface area (Å²) in [6, 6.07) is 0. The Morgan fingerprint density at radius 1 is 0.500 bits per heavy atom. The smallest absolute Gasteiger partial charge is 2.00 e. The van der Waals surface area contributed by atoms with Crippen molar-refractivity contribution in [1.82, 2.24) is 0 Å². The minimum absolute atomic E-state index is 0. The molecular formula is H3K3O8P2Pb3. The summed E-state index contributed by atoms with van der Waals surface area (Å²) in [6.07, 6.45) is 0. The molecule has 0 saturated carbocycles. The molecule has 0 amide bonds. The molecule has 0 bridgehead atoms. The number of phosphoric acid groups is 2.